The normalized spacial score (nSPS) is 20.1. The summed E-state index contributed by atoms with van der Waals surface area (Å²) in [7, 11) is -10.6. The van der Waals surface area contributed by atoms with Crippen molar-refractivity contribution in [2.75, 3.05) is 5.75 Å². The standard InChI is InChI=1S/C34H63F3O7S2Si2/c1-13-14-18-25(2)23-26(43-47(9,10)32(3,4)5)20-21-27-28(44-48(11,12)33(6,7)8)24-29(42-46(40,41)34(35,36)37)31(27)45-22-17-15-16-19-30(38)39/h20-21,25-28H,13-19,22-24H2,1-12H3,(H,38,39)/t25-,26-,27+,28-/m1/s1. The highest BCUT2D eigenvalue weighted by Gasteiger charge is 2.51. The lowest BCUT2D eigenvalue weighted by Gasteiger charge is -2.40. The Balaban J connectivity index is 3.70. The van der Waals surface area contributed by atoms with Gasteiger partial charge in [-0.1, -0.05) is 93.2 Å². The number of thioether (sulfide) groups is 1. The Morgan fingerprint density at radius 2 is 1.58 bits per heavy atom. The number of carboxylic acids is 1. The highest BCUT2D eigenvalue weighted by atomic mass is 32.2. The van der Waals surface area contributed by atoms with E-state index in [0.717, 1.165) is 25.7 Å². The van der Waals surface area contributed by atoms with Crippen LogP contribution in [-0.4, -0.2) is 59.6 Å². The van der Waals surface area contributed by atoms with E-state index in [9.17, 15) is 26.4 Å². The summed E-state index contributed by atoms with van der Waals surface area (Å²) < 4.78 is 83.9. The minimum absolute atomic E-state index is 0.0334. The van der Waals surface area contributed by atoms with Crippen LogP contribution in [0, 0.1) is 11.8 Å². The molecule has 0 amide bonds. The highest BCUT2D eigenvalue weighted by molar-refractivity contribution is 8.03. The molecule has 4 atom stereocenters. The topological polar surface area (TPSA) is 99.1 Å². The third-order valence-electron chi connectivity index (χ3n) is 9.87. The van der Waals surface area contributed by atoms with E-state index in [2.05, 4.69) is 81.6 Å². The Hall–Kier alpha value is -0.806. The second-order valence-corrected chi connectivity index (χ2v) is 28.4. The zero-order valence-electron chi connectivity index (χ0n) is 31.4. The average Bonchev–Trinajstić information content (AvgIpc) is 3.19. The summed E-state index contributed by atoms with van der Waals surface area (Å²) in [6.07, 6.45) is 8.76. The van der Waals surface area contributed by atoms with Crippen LogP contribution in [0.1, 0.15) is 113 Å². The molecule has 1 aliphatic rings. The summed E-state index contributed by atoms with van der Waals surface area (Å²) in [5, 5.41) is 8.73. The first-order valence-corrected chi connectivity index (χ1v) is 25.5. The van der Waals surface area contributed by atoms with Crippen LogP contribution in [0.2, 0.25) is 36.3 Å². The van der Waals surface area contributed by atoms with Crippen LogP contribution >= 0.6 is 11.8 Å². The first-order chi connectivity index (χ1) is 21.6. The van der Waals surface area contributed by atoms with Crippen LogP contribution in [0.5, 0.6) is 0 Å². The van der Waals surface area contributed by atoms with Crippen molar-refractivity contribution in [1.82, 2.24) is 0 Å². The number of alkyl halides is 3. The lowest BCUT2D eigenvalue weighted by atomic mass is 9.96. The van der Waals surface area contributed by atoms with Gasteiger partial charge in [0.25, 0.3) is 0 Å². The molecule has 0 aromatic heterocycles. The van der Waals surface area contributed by atoms with Gasteiger partial charge >= 0.3 is 21.6 Å². The van der Waals surface area contributed by atoms with Gasteiger partial charge in [0.15, 0.2) is 16.6 Å². The molecule has 0 aromatic rings. The molecule has 0 saturated heterocycles. The Morgan fingerprint density at radius 3 is 2.08 bits per heavy atom. The maximum Gasteiger partial charge on any atom is 0.534 e. The first-order valence-electron chi connectivity index (χ1n) is 17.3. The minimum atomic E-state index is -5.90. The molecule has 0 aliphatic heterocycles. The molecule has 282 valence electrons. The number of carbonyl (C=O) groups is 1. The average molecular weight is 761 g/mol. The number of carboxylic acid groups (broad SMARTS) is 1. The Kier molecular flexibility index (Phi) is 17.1. The van der Waals surface area contributed by atoms with Crippen molar-refractivity contribution in [2.45, 2.75) is 167 Å². The van der Waals surface area contributed by atoms with Gasteiger partial charge in [-0.2, -0.15) is 21.6 Å². The highest BCUT2D eigenvalue weighted by Crippen LogP contribution is 2.48. The van der Waals surface area contributed by atoms with E-state index in [0.29, 0.717) is 35.8 Å². The predicted octanol–water partition coefficient (Wildman–Crippen LogP) is 11.0. The molecule has 0 saturated carbocycles. The minimum Gasteiger partial charge on any atom is -0.481 e. The fourth-order valence-corrected chi connectivity index (χ4v) is 9.32. The van der Waals surface area contributed by atoms with E-state index in [1.54, 1.807) is 0 Å². The van der Waals surface area contributed by atoms with E-state index in [4.69, 9.17) is 18.1 Å². The van der Waals surface area contributed by atoms with E-state index >= 15 is 0 Å². The van der Waals surface area contributed by atoms with Gasteiger partial charge in [0, 0.05) is 23.7 Å². The van der Waals surface area contributed by atoms with Crippen molar-refractivity contribution in [3.05, 3.63) is 22.8 Å². The summed E-state index contributed by atoms with van der Waals surface area (Å²) in [6.45, 7) is 25.7. The van der Waals surface area contributed by atoms with Crippen LogP contribution in [0.4, 0.5) is 13.2 Å². The summed E-state index contributed by atoms with van der Waals surface area (Å²) >= 11 is 1.27. The third-order valence-corrected chi connectivity index (χ3v) is 21.2. The summed E-state index contributed by atoms with van der Waals surface area (Å²) in [4.78, 5) is 11.4. The van der Waals surface area contributed by atoms with Crippen LogP contribution in [0.15, 0.2) is 22.8 Å². The van der Waals surface area contributed by atoms with Gasteiger partial charge in [-0.05, 0) is 67.2 Å². The van der Waals surface area contributed by atoms with Crippen molar-refractivity contribution < 1.29 is 44.5 Å². The SMILES string of the molecule is CCCC[C@@H](C)C[C@@H](C=C[C@@H]1C(SCCCCCC(=O)O)=C(OS(=O)(=O)C(F)(F)F)C[C@H]1O[Si](C)(C)C(C)(C)C)O[Si](C)(C)C(C)(C)C. The number of aliphatic carboxylic acids is 1. The van der Waals surface area contributed by atoms with E-state index < -0.39 is 50.3 Å². The number of halogens is 3. The molecular formula is C34H63F3O7S2Si2. The summed E-state index contributed by atoms with van der Waals surface area (Å²) in [5.74, 6) is -0.817. The van der Waals surface area contributed by atoms with Crippen LogP contribution in [-0.2, 0) is 27.9 Å². The lowest BCUT2D eigenvalue weighted by Crippen LogP contribution is -2.45. The van der Waals surface area contributed by atoms with Crippen molar-refractivity contribution in [2.24, 2.45) is 11.8 Å². The van der Waals surface area contributed by atoms with E-state index in [1.165, 1.54) is 11.8 Å². The Morgan fingerprint density at radius 1 is 1.00 bits per heavy atom. The smallest absolute Gasteiger partial charge is 0.481 e. The third kappa shape index (κ3) is 14.1. The second-order valence-electron chi connectivity index (χ2n) is 16.3. The van der Waals surface area contributed by atoms with Crippen molar-refractivity contribution in [3.63, 3.8) is 0 Å². The molecular weight excluding hydrogens is 698 g/mol. The molecule has 0 unspecified atom stereocenters. The number of rotatable bonds is 20. The van der Waals surface area contributed by atoms with Gasteiger partial charge in [-0.15, -0.1) is 11.8 Å². The van der Waals surface area contributed by atoms with Gasteiger partial charge in [0.1, 0.15) is 5.76 Å². The fraction of sp³-hybridized carbons (Fsp3) is 0.853. The molecule has 7 nitrogen and oxygen atoms in total. The maximum atomic E-state index is 13.6. The van der Waals surface area contributed by atoms with Crippen LogP contribution in [0.3, 0.4) is 0 Å². The van der Waals surface area contributed by atoms with E-state index in [1.807, 2.05) is 12.2 Å². The largest absolute Gasteiger partial charge is 0.534 e. The van der Waals surface area contributed by atoms with Crippen LogP contribution in [0.25, 0.3) is 0 Å². The zero-order valence-corrected chi connectivity index (χ0v) is 35.0. The molecule has 0 aromatic carbocycles. The maximum absolute atomic E-state index is 13.6. The molecule has 0 radical (unpaired) electrons. The van der Waals surface area contributed by atoms with Gasteiger partial charge in [-0.3, -0.25) is 4.79 Å². The number of hydrogen-bond acceptors (Lipinski definition) is 7. The Bertz CT molecular complexity index is 1200. The molecule has 0 bridgehead atoms. The molecule has 0 fully saturated rings. The number of unbranched alkanes of at least 4 members (excludes halogenated alkanes) is 3. The number of hydrogen-bond donors (Lipinski definition) is 1. The fourth-order valence-electron chi connectivity index (χ4n) is 4.85. The summed E-state index contributed by atoms with van der Waals surface area (Å²) in [6, 6.07) is 0. The van der Waals surface area contributed by atoms with Gasteiger partial charge < -0.3 is 18.1 Å². The quantitative estimate of drug-likeness (QED) is 0.0430. The summed E-state index contributed by atoms with van der Waals surface area (Å²) in [5.41, 5.74) is -5.58. The van der Waals surface area contributed by atoms with Gasteiger partial charge in [-0.25, -0.2) is 0 Å². The molecule has 48 heavy (non-hydrogen) atoms. The van der Waals surface area contributed by atoms with Gasteiger partial charge in [0.05, 0.1) is 12.2 Å². The zero-order chi connectivity index (χ0) is 37.4. The first kappa shape index (κ1) is 45.2. The molecule has 1 rings (SSSR count). The predicted molar refractivity (Wildman–Crippen MR) is 196 cm³/mol. The molecule has 1 N–H and O–H groups in total. The molecule has 0 spiro atoms. The Labute approximate surface area is 295 Å². The molecule has 14 heteroatoms. The van der Waals surface area contributed by atoms with Crippen LogP contribution < -0.4 is 0 Å². The lowest BCUT2D eigenvalue weighted by molar-refractivity contribution is -0.137. The van der Waals surface area contributed by atoms with Crippen molar-refractivity contribution >= 4 is 44.5 Å². The van der Waals surface area contributed by atoms with Gasteiger partial charge in [0.2, 0.25) is 0 Å². The van der Waals surface area contributed by atoms with Crippen molar-refractivity contribution in [1.29, 1.82) is 0 Å². The molecule has 1 aliphatic carbocycles. The second kappa shape index (κ2) is 18.1. The monoisotopic (exact) mass is 760 g/mol. The molecule has 0 heterocycles. The van der Waals surface area contributed by atoms with E-state index in [-0.39, 0.29) is 34.8 Å². The van der Waals surface area contributed by atoms with Crippen molar-refractivity contribution in [3.8, 4) is 0 Å².